The molecular weight excluding hydrogens is 445 g/mol. The Morgan fingerprint density at radius 2 is 1.89 bits per heavy atom. The summed E-state index contributed by atoms with van der Waals surface area (Å²) in [5, 5.41) is 23.2. The van der Waals surface area contributed by atoms with Crippen LogP contribution >= 0.6 is 0 Å². The van der Waals surface area contributed by atoms with Crippen LogP contribution in [0.4, 0.5) is 10.2 Å². The van der Waals surface area contributed by atoms with Crippen LogP contribution in [0.15, 0.2) is 85.2 Å². The number of amides is 1. The number of benzene rings is 2. The van der Waals surface area contributed by atoms with Crippen LogP contribution in [0.2, 0.25) is 0 Å². The molecule has 0 saturated heterocycles. The van der Waals surface area contributed by atoms with Crippen LogP contribution in [0, 0.1) is 17.1 Å². The van der Waals surface area contributed by atoms with Gasteiger partial charge in [0.05, 0.1) is 29.3 Å². The molecule has 2 aromatic heterocycles. The van der Waals surface area contributed by atoms with Crippen LogP contribution in [-0.2, 0) is 4.79 Å². The van der Waals surface area contributed by atoms with Crippen LogP contribution in [0.5, 0.6) is 0 Å². The molecule has 35 heavy (non-hydrogen) atoms. The zero-order valence-electron chi connectivity index (χ0n) is 18.6. The summed E-state index contributed by atoms with van der Waals surface area (Å²) in [6.45, 7) is -0.00861. The summed E-state index contributed by atoms with van der Waals surface area (Å²) in [5.41, 5.74) is 8.79. The minimum atomic E-state index is -1.04. The van der Waals surface area contributed by atoms with Crippen molar-refractivity contribution < 1.29 is 14.3 Å². The molecule has 2 atom stereocenters. The fourth-order valence-corrected chi connectivity index (χ4v) is 3.87. The summed E-state index contributed by atoms with van der Waals surface area (Å²) < 4.78 is 13.6. The Morgan fingerprint density at radius 3 is 2.60 bits per heavy atom. The van der Waals surface area contributed by atoms with E-state index < -0.39 is 23.7 Å². The number of aliphatic hydroxyl groups excluding tert-OH is 1. The van der Waals surface area contributed by atoms with E-state index in [1.807, 2.05) is 0 Å². The minimum Gasteiger partial charge on any atom is -0.387 e. The van der Waals surface area contributed by atoms with Gasteiger partial charge in [0.25, 0.3) is 0 Å². The van der Waals surface area contributed by atoms with E-state index in [9.17, 15) is 19.6 Å². The molecular formula is C27H22FN5O2. The maximum atomic E-state index is 13.6. The minimum absolute atomic E-state index is 0.00861. The smallest absolute Gasteiger partial charge is 0.229 e. The summed E-state index contributed by atoms with van der Waals surface area (Å²) in [5.74, 6) is -1.61. The number of primary amides is 1. The van der Waals surface area contributed by atoms with Crippen molar-refractivity contribution in [1.82, 2.24) is 9.97 Å². The van der Waals surface area contributed by atoms with Crippen LogP contribution < -0.4 is 11.1 Å². The first-order valence-corrected chi connectivity index (χ1v) is 10.8. The maximum absolute atomic E-state index is 13.6. The predicted octanol–water partition coefficient (Wildman–Crippen LogP) is 3.92. The van der Waals surface area contributed by atoms with Crippen molar-refractivity contribution in [2.75, 3.05) is 11.9 Å². The van der Waals surface area contributed by atoms with Crippen LogP contribution in [0.1, 0.15) is 34.3 Å². The number of hydrogen-bond donors (Lipinski definition) is 3. The first-order valence-electron chi connectivity index (χ1n) is 10.8. The molecule has 0 aliphatic carbocycles. The van der Waals surface area contributed by atoms with Crippen molar-refractivity contribution in [2.45, 2.75) is 12.0 Å². The quantitative estimate of drug-likeness (QED) is 0.361. The second-order valence-electron chi connectivity index (χ2n) is 7.87. The van der Waals surface area contributed by atoms with E-state index in [1.54, 1.807) is 67.0 Å². The number of nitriles is 1. The number of carbonyl (C=O) groups is 1. The Hall–Kier alpha value is -4.61. The highest BCUT2D eigenvalue weighted by molar-refractivity contribution is 5.87. The SMILES string of the molecule is N#Cc1ccccc1-c1ccc(C(C(N)=O)c2cccnc2)c(NCC(O)c2cccc(F)c2)n1. The third-order valence-electron chi connectivity index (χ3n) is 5.56. The average Bonchev–Trinajstić information content (AvgIpc) is 2.88. The highest BCUT2D eigenvalue weighted by Crippen LogP contribution is 2.32. The molecule has 0 aliphatic heterocycles. The molecule has 8 heteroatoms. The lowest BCUT2D eigenvalue weighted by molar-refractivity contribution is -0.118. The van der Waals surface area contributed by atoms with E-state index in [-0.39, 0.29) is 6.54 Å². The fourth-order valence-electron chi connectivity index (χ4n) is 3.87. The van der Waals surface area contributed by atoms with E-state index in [2.05, 4.69) is 21.4 Å². The summed E-state index contributed by atoms with van der Waals surface area (Å²) in [6.07, 6.45) is 2.11. The number of pyridine rings is 2. The molecule has 4 rings (SSSR count). The standard InChI is InChI=1S/C27H22FN5O2/c28-20-8-3-6-17(13-20)24(34)16-32-27-22(25(26(30)35)19-7-4-12-31-15-19)10-11-23(33-27)21-9-2-1-5-18(21)14-29/h1-13,15,24-25,34H,16H2,(H2,30,35)(H,32,33). The molecule has 0 aliphatic rings. The third-order valence-corrected chi connectivity index (χ3v) is 5.56. The lowest BCUT2D eigenvalue weighted by Gasteiger charge is -2.21. The van der Waals surface area contributed by atoms with E-state index in [1.165, 1.54) is 18.2 Å². The number of halogens is 1. The first-order chi connectivity index (χ1) is 17.0. The number of carbonyl (C=O) groups excluding carboxylic acids is 1. The molecule has 174 valence electrons. The Bertz CT molecular complexity index is 1390. The van der Waals surface area contributed by atoms with Crippen LogP contribution in [0.3, 0.4) is 0 Å². The Kier molecular flexibility index (Phi) is 7.10. The first kappa shape index (κ1) is 23.5. The molecule has 4 N–H and O–H groups in total. The van der Waals surface area contributed by atoms with Crippen molar-refractivity contribution in [3.05, 3.63) is 113 Å². The van der Waals surface area contributed by atoms with Gasteiger partial charge in [0.2, 0.25) is 5.91 Å². The van der Waals surface area contributed by atoms with E-state index in [0.29, 0.717) is 39.3 Å². The number of hydrogen-bond acceptors (Lipinski definition) is 6. The summed E-state index contributed by atoms with van der Waals surface area (Å²) in [7, 11) is 0. The number of nitrogens with zero attached hydrogens (tertiary/aromatic N) is 3. The summed E-state index contributed by atoms with van der Waals surface area (Å²) in [4.78, 5) is 21.3. The number of aliphatic hydroxyl groups is 1. The molecule has 2 heterocycles. The Balaban J connectivity index is 1.77. The second-order valence-corrected chi connectivity index (χ2v) is 7.87. The molecule has 1 amide bonds. The molecule has 4 aromatic rings. The number of nitrogens with one attached hydrogen (secondary N) is 1. The molecule has 2 unspecified atom stereocenters. The number of nitrogens with two attached hydrogens (primary N) is 1. The molecule has 0 spiro atoms. The Labute approximate surface area is 201 Å². The van der Waals surface area contributed by atoms with Gasteiger partial charge in [0.1, 0.15) is 11.6 Å². The highest BCUT2D eigenvalue weighted by atomic mass is 19.1. The van der Waals surface area contributed by atoms with Gasteiger partial charge in [0, 0.05) is 30.1 Å². The van der Waals surface area contributed by atoms with Crippen molar-refractivity contribution >= 4 is 11.7 Å². The van der Waals surface area contributed by atoms with Crippen molar-refractivity contribution in [1.29, 1.82) is 5.26 Å². The van der Waals surface area contributed by atoms with E-state index in [0.717, 1.165) is 0 Å². The lowest BCUT2D eigenvalue weighted by Crippen LogP contribution is -2.24. The van der Waals surface area contributed by atoms with Gasteiger partial charge in [-0.1, -0.05) is 42.5 Å². The normalized spacial score (nSPS) is 12.4. The predicted molar refractivity (Wildman–Crippen MR) is 130 cm³/mol. The van der Waals surface area contributed by atoms with Gasteiger partial charge in [-0.15, -0.1) is 0 Å². The molecule has 7 nitrogen and oxygen atoms in total. The second kappa shape index (κ2) is 10.5. The molecule has 2 aromatic carbocycles. The monoisotopic (exact) mass is 467 g/mol. The zero-order chi connectivity index (χ0) is 24.8. The summed E-state index contributed by atoms with van der Waals surface area (Å²) in [6, 6.07) is 21.7. The largest absolute Gasteiger partial charge is 0.387 e. The number of aromatic nitrogens is 2. The zero-order valence-corrected chi connectivity index (χ0v) is 18.6. The summed E-state index contributed by atoms with van der Waals surface area (Å²) >= 11 is 0. The van der Waals surface area contributed by atoms with Crippen LogP contribution in [0.25, 0.3) is 11.3 Å². The fraction of sp³-hybridized carbons (Fsp3) is 0.111. The Morgan fingerprint density at radius 1 is 1.09 bits per heavy atom. The van der Waals surface area contributed by atoms with Crippen molar-refractivity contribution in [3.63, 3.8) is 0 Å². The number of rotatable bonds is 8. The molecule has 0 radical (unpaired) electrons. The van der Waals surface area contributed by atoms with Gasteiger partial charge in [0.15, 0.2) is 0 Å². The van der Waals surface area contributed by atoms with Crippen molar-refractivity contribution in [2.24, 2.45) is 5.73 Å². The highest BCUT2D eigenvalue weighted by Gasteiger charge is 2.25. The van der Waals surface area contributed by atoms with Crippen molar-refractivity contribution in [3.8, 4) is 17.3 Å². The van der Waals surface area contributed by atoms with Gasteiger partial charge >= 0.3 is 0 Å². The maximum Gasteiger partial charge on any atom is 0.229 e. The van der Waals surface area contributed by atoms with E-state index >= 15 is 0 Å². The van der Waals surface area contributed by atoms with Gasteiger partial charge in [-0.05, 0) is 41.5 Å². The lowest BCUT2D eigenvalue weighted by atomic mass is 9.91. The van der Waals surface area contributed by atoms with Crippen LogP contribution in [-0.4, -0.2) is 27.5 Å². The average molecular weight is 468 g/mol. The molecule has 0 fully saturated rings. The van der Waals surface area contributed by atoms with Gasteiger partial charge in [-0.2, -0.15) is 5.26 Å². The topological polar surface area (TPSA) is 125 Å². The van der Waals surface area contributed by atoms with Gasteiger partial charge in [-0.25, -0.2) is 9.37 Å². The van der Waals surface area contributed by atoms with Gasteiger partial charge < -0.3 is 16.2 Å². The van der Waals surface area contributed by atoms with E-state index in [4.69, 9.17) is 5.73 Å². The third kappa shape index (κ3) is 5.32. The number of anilines is 1. The molecule has 0 bridgehead atoms. The van der Waals surface area contributed by atoms with Gasteiger partial charge in [-0.3, -0.25) is 9.78 Å². The molecule has 0 saturated carbocycles.